The van der Waals surface area contributed by atoms with Crippen LogP contribution in [-0.2, 0) is 6.42 Å². The molecular weight excluding hydrogens is 374 g/mol. The SMILES string of the molecule is Br.Br.Nc1cnccc1NCCc1ccc(O)cc1. The van der Waals surface area contributed by atoms with Crippen molar-refractivity contribution >= 4 is 45.3 Å². The van der Waals surface area contributed by atoms with Crippen molar-refractivity contribution in [2.24, 2.45) is 0 Å². The van der Waals surface area contributed by atoms with Crippen LogP contribution in [0.4, 0.5) is 11.4 Å². The van der Waals surface area contributed by atoms with Crippen LogP contribution in [0.5, 0.6) is 5.75 Å². The van der Waals surface area contributed by atoms with Crippen LogP contribution in [0.15, 0.2) is 42.7 Å². The summed E-state index contributed by atoms with van der Waals surface area (Å²) in [5.74, 6) is 0.292. The molecule has 4 N–H and O–H groups in total. The number of nitrogen functional groups attached to an aromatic ring is 1. The predicted molar refractivity (Wildman–Crippen MR) is 89.6 cm³/mol. The van der Waals surface area contributed by atoms with E-state index in [9.17, 15) is 0 Å². The molecule has 1 aromatic carbocycles. The van der Waals surface area contributed by atoms with Crippen LogP contribution in [0, 0.1) is 0 Å². The summed E-state index contributed by atoms with van der Waals surface area (Å²) in [5, 5.41) is 12.4. The Labute approximate surface area is 133 Å². The molecule has 1 aromatic heterocycles. The minimum atomic E-state index is 0. The molecule has 2 rings (SSSR count). The number of benzene rings is 1. The molecule has 0 aliphatic rings. The van der Waals surface area contributed by atoms with Gasteiger partial charge in [-0.1, -0.05) is 12.1 Å². The van der Waals surface area contributed by atoms with Gasteiger partial charge in [0.15, 0.2) is 0 Å². The summed E-state index contributed by atoms with van der Waals surface area (Å²) in [5.41, 5.74) is 8.48. The third-order valence-electron chi connectivity index (χ3n) is 2.52. The van der Waals surface area contributed by atoms with E-state index in [0.717, 1.165) is 18.7 Å². The van der Waals surface area contributed by atoms with Crippen molar-refractivity contribution in [3.63, 3.8) is 0 Å². The zero-order valence-corrected chi connectivity index (χ0v) is 13.7. The maximum atomic E-state index is 9.16. The topological polar surface area (TPSA) is 71.2 Å². The summed E-state index contributed by atoms with van der Waals surface area (Å²) < 4.78 is 0. The number of nitrogens with one attached hydrogen (secondary N) is 1. The Morgan fingerprint density at radius 1 is 1.11 bits per heavy atom. The van der Waals surface area contributed by atoms with E-state index in [1.165, 1.54) is 5.56 Å². The largest absolute Gasteiger partial charge is 0.508 e. The molecule has 0 amide bonds. The lowest BCUT2D eigenvalue weighted by Gasteiger charge is -2.08. The highest BCUT2D eigenvalue weighted by atomic mass is 79.9. The minimum Gasteiger partial charge on any atom is -0.508 e. The molecule has 0 radical (unpaired) electrons. The number of rotatable bonds is 4. The smallest absolute Gasteiger partial charge is 0.115 e. The molecule has 6 heteroatoms. The summed E-state index contributed by atoms with van der Waals surface area (Å²) in [6.07, 6.45) is 4.21. The molecule has 0 unspecified atom stereocenters. The third-order valence-corrected chi connectivity index (χ3v) is 2.52. The van der Waals surface area contributed by atoms with Crippen molar-refractivity contribution in [3.8, 4) is 5.75 Å². The number of nitrogens with zero attached hydrogens (tertiary/aromatic N) is 1. The van der Waals surface area contributed by atoms with E-state index >= 15 is 0 Å². The molecule has 1 heterocycles. The first-order valence-electron chi connectivity index (χ1n) is 5.47. The molecule has 104 valence electrons. The number of phenolic OH excluding ortho intramolecular Hbond substituents is 1. The number of aromatic hydroxyl groups is 1. The predicted octanol–water partition coefficient (Wildman–Crippen LogP) is 3.18. The molecular formula is C13H17Br2N3O. The van der Waals surface area contributed by atoms with Crippen molar-refractivity contribution in [2.45, 2.75) is 6.42 Å². The quantitative estimate of drug-likeness (QED) is 0.749. The Kier molecular flexibility index (Phi) is 8.18. The Morgan fingerprint density at radius 2 is 1.79 bits per heavy atom. The van der Waals surface area contributed by atoms with Gasteiger partial charge in [-0.05, 0) is 30.2 Å². The fourth-order valence-corrected chi connectivity index (χ4v) is 1.57. The highest BCUT2D eigenvalue weighted by molar-refractivity contribution is 8.93. The fourth-order valence-electron chi connectivity index (χ4n) is 1.57. The van der Waals surface area contributed by atoms with E-state index in [2.05, 4.69) is 10.3 Å². The number of hydrogen-bond donors (Lipinski definition) is 3. The monoisotopic (exact) mass is 389 g/mol. The molecule has 2 aromatic rings. The van der Waals surface area contributed by atoms with E-state index < -0.39 is 0 Å². The second-order valence-electron chi connectivity index (χ2n) is 3.81. The van der Waals surface area contributed by atoms with Gasteiger partial charge in [-0.15, -0.1) is 34.0 Å². The molecule has 0 spiro atoms. The van der Waals surface area contributed by atoms with Crippen LogP contribution in [0.3, 0.4) is 0 Å². The van der Waals surface area contributed by atoms with Gasteiger partial charge >= 0.3 is 0 Å². The van der Waals surface area contributed by atoms with Crippen LogP contribution < -0.4 is 11.1 Å². The lowest BCUT2D eigenvalue weighted by Crippen LogP contribution is -2.06. The minimum absolute atomic E-state index is 0. The summed E-state index contributed by atoms with van der Waals surface area (Å²) in [4.78, 5) is 3.93. The van der Waals surface area contributed by atoms with Crippen molar-refractivity contribution in [2.75, 3.05) is 17.6 Å². The van der Waals surface area contributed by atoms with Gasteiger partial charge in [-0.3, -0.25) is 4.98 Å². The number of aromatic nitrogens is 1. The summed E-state index contributed by atoms with van der Waals surface area (Å²) in [6.45, 7) is 0.791. The highest BCUT2D eigenvalue weighted by Gasteiger charge is 1.97. The van der Waals surface area contributed by atoms with Crippen molar-refractivity contribution in [1.29, 1.82) is 0 Å². The second-order valence-corrected chi connectivity index (χ2v) is 3.81. The van der Waals surface area contributed by atoms with E-state index in [-0.39, 0.29) is 34.0 Å². The second kappa shape index (κ2) is 8.77. The van der Waals surface area contributed by atoms with Gasteiger partial charge in [0.05, 0.1) is 17.6 Å². The Morgan fingerprint density at radius 3 is 2.42 bits per heavy atom. The molecule has 0 fully saturated rings. The molecule has 0 aliphatic heterocycles. The lowest BCUT2D eigenvalue weighted by molar-refractivity contribution is 0.475. The van der Waals surface area contributed by atoms with Crippen LogP contribution in [0.25, 0.3) is 0 Å². The maximum Gasteiger partial charge on any atom is 0.115 e. The van der Waals surface area contributed by atoms with Crippen LogP contribution in [0.2, 0.25) is 0 Å². The molecule has 0 aliphatic carbocycles. The molecule has 0 saturated heterocycles. The number of halogens is 2. The van der Waals surface area contributed by atoms with Gasteiger partial charge in [0.1, 0.15) is 5.75 Å². The van der Waals surface area contributed by atoms with Crippen LogP contribution >= 0.6 is 34.0 Å². The third kappa shape index (κ3) is 5.48. The Hall–Kier alpha value is -1.27. The lowest BCUT2D eigenvalue weighted by atomic mass is 10.1. The summed E-state index contributed by atoms with van der Waals surface area (Å²) >= 11 is 0. The van der Waals surface area contributed by atoms with Gasteiger partial charge in [0.2, 0.25) is 0 Å². The van der Waals surface area contributed by atoms with Crippen molar-refractivity contribution in [3.05, 3.63) is 48.3 Å². The molecule has 0 atom stereocenters. The van der Waals surface area contributed by atoms with Crippen molar-refractivity contribution < 1.29 is 5.11 Å². The van der Waals surface area contributed by atoms with Crippen LogP contribution in [0.1, 0.15) is 5.56 Å². The van der Waals surface area contributed by atoms with Gasteiger partial charge in [0.25, 0.3) is 0 Å². The van der Waals surface area contributed by atoms with E-state index in [1.54, 1.807) is 24.5 Å². The first kappa shape index (κ1) is 17.7. The van der Waals surface area contributed by atoms with Crippen molar-refractivity contribution in [1.82, 2.24) is 4.98 Å². The average molecular weight is 391 g/mol. The van der Waals surface area contributed by atoms with E-state index in [4.69, 9.17) is 10.8 Å². The number of pyridine rings is 1. The number of nitrogens with two attached hydrogens (primary N) is 1. The normalized spacial score (nSPS) is 9.05. The Balaban J connectivity index is 0.00000162. The zero-order chi connectivity index (χ0) is 12.1. The van der Waals surface area contributed by atoms with E-state index in [1.807, 2.05) is 18.2 Å². The Bertz CT molecular complexity index is 492. The first-order valence-corrected chi connectivity index (χ1v) is 5.47. The van der Waals surface area contributed by atoms with Gasteiger partial charge in [-0.25, -0.2) is 0 Å². The fraction of sp³-hybridized carbons (Fsp3) is 0.154. The average Bonchev–Trinajstić information content (AvgIpc) is 2.34. The summed E-state index contributed by atoms with van der Waals surface area (Å²) in [6, 6.07) is 9.05. The summed E-state index contributed by atoms with van der Waals surface area (Å²) in [7, 11) is 0. The van der Waals surface area contributed by atoms with Gasteiger partial charge < -0.3 is 16.2 Å². The van der Waals surface area contributed by atoms with Crippen LogP contribution in [-0.4, -0.2) is 16.6 Å². The molecule has 0 saturated carbocycles. The van der Waals surface area contributed by atoms with Gasteiger partial charge in [-0.2, -0.15) is 0 Å². The zero-order valence-electron chi connectivity index (χ0n) is 10.2. The maximum absolute atomic E-state index is 9.16. The first-order chi connectivity index (χ1) is 8.25. The number of phenols is 1. The van der Waals surface area contributed by atoms with E-state index in [0.29, 0.717) is 11.4 Å². The molecule has 0 bridgehead atoms. The standard InChI is InChI=1S/C13H15N3O.2BrH/c14-12-9-15-7-6-13(12)16-8-5-10-1-3-11(17)4-2-10;;/h1-4,6-7,9,17H,5,8,14H2,(H,15,16);2*1H. The molecule has 4 nitrogen and oxygen atoms in total. The number of hydrogen-bond acceptors (Lipinski definition) is 4. The number of anilines is 2. The highest BCUT2D eigenvalue weighted by Crippen LogP contribution is 2.15. The van der Waals surface area contributed by atoms with Gasteiger partial charge in [0, 0.05) is 12.7 Å². The molecule has 19 heavy (non-hydrogen) atoms.